The van der Waals surface area contributed by atoms with Crippen LogP contribution in [-0.4, -0.2) is 42.4 Å². The zero-order valence-electron chi connectivity index (χ0n) is 13.9. The van der Waals surface area contributed by atoms with E-state index in [1.165, 1.54) is 25.7 Å². The quantitative estimate of drug-likeness (QED) is 0.874. The van der Waals surface area contributed by atoms with Crippen LogP contribution in [0.3, 0.4) is 0 Å². The maximum absolute atomic E-state index is 6.61. The Balaban J connectivity index is 2.17. The van der Waals surface area contributed by atoms with E-state index < -0.39 is 0 Å². The molecule has 2 rings (SSSR count). The molecule has 1 heterocycles. The fourth-order valence-corrected chi connectivity index (χ4v) is 3.37. The Hall–Kier alpha value is -1.07. The maximum Gasteiger partial charge on any atom is 0.161 e. The van der Waals surface area contributed by atoms with Gasteiger partial charge in [-0.25, -0.2) is 0 Å². The van der Waals surface area contributed by atoms with Gasteiger partial charge in [-0.3, -0.25) is 4.68 Å². The molecule has 1 aliphatic rings. The lowest BCUT2D eigenvalue weighted by Crippen LogP contribution is -2.30. The summed E-state index contributed by atoms with van der Waals surface area (Å²) in [6.07, 6.45) is 6.85. The first-order valence-electron chi connectivity index (χ1n) is 8.03. The lowest BCUT2D eigenvalue weighted by molar-refractivity contribution is 0.237. The molecule has 0 aliphatic heterocycles. The molecule has 21 heavy (non-hydrogen) atoms. The van der Waals surface area contributed by atoms with Gasteiger partial charge >= 0.3 is 0 Å². The highest BCUT2D eigenvalue weighted by Crippen LogP contribution is 2.38. The van der Waals surface area contributed by atoms with Gasteiger partial charge in [-0.2, -0.15) is 5.10 Å². The molecule has 1 aliphatic carbocycles. The summed E-state index contributed by atoms with van der Waals surface area (Å²) in [6, 6.07) is 0.0207. The molecule has 1 fully saturated rings. The summed E-state index contributed by atoms with van der Waals surface area (Å²) in [5, 5.41) is 4.48. The first kappa shape index (κ1) is 16.3. The van der Waals surface area contributed by atoms with Crippen LogP contribution in [0.2, 0.25) is 0 Å². The first-order chi connectivity index (χ1) is 10.0. The second-order valence-corrected chi connectivity index (χ2v) is 6.68. The molecule has 0 aromatic carbocycles. The fourth-order valence-electron chi connectivity index (χ4n) is 3.37. The summed E-state index contributed by atoms with van der Waals surface area (Å²) in [4.78, 5) is 2.16. The summed E-state index contributed by atoms with van der Waals surface area (Å²) >= 11 is 0. The Morgan fingerprint density at radius 3 is 2.86 bits per heavy atom. The van der Waals surface area contributed by atoms with Crippen LogP contribution in [0.15, 0.2) is 6.20 Å². The fraction of sp³-hybridized carbons (Fsp3) is 0.812. The van der Waals surface area contributed by atoms with Gasteiger partial charge in [0, 0.05) is 6.54 Å². The van der Waals surface area contributed by atoms with Crippen molar-refractivity contribution in [2.75, 3.05) is 27.7 Å². The smallest absolute Gasteiger partial charge is 0.161 e. The molecule has 0 radical (unpaired) electrons. The topological polar surface area (TPSA) is 56.3 Å². The Labute approximate surface area is 128 Å². The van der Waals surface area contributed by atoms with E-state index >= 15 is 0 Å². The van der Waals surface area contributed by atoms with Gasteiger partial charge in [0.05, 0.1) is 31.6 Å². The lowest BCUT2D eigenvalue weighted by atomic mass is 9.78. The molecule has 2 N–H and O–H groups in total. The highest BCUT2D eigenvalue weighted by atomic mass is 16.5. The first-order valence-corrected chi connectivity index (χ1v) is 8.03. The Kier molecular flexibility index (Phi) is 5.65. The number of nitrogens with two attached hydrogens (primary N) is 1. The molecule has 0 spiro atoms. The van der Waals surface area contributed by atoms with Crippen molar-refractivity contribution in [1.82, 2.24) is 14.7 Å². The molecular weight excluding hydrogens is 264 g/mol. The summed E-state index contributed by atoms with van der Waals surface area (Å²) in [7, 11) is 5.85. The predicted octanol–water partition coefficient (Wildman–Crippen LogP) is 2.28. The molecule has 3 unspecified atom stereocenters. The molecule has 1 saturated carbocycles. The van der Waals surface area contributed by atoms with Crippen LogP contribution >= 0.6 is 0 Å². The van der Waals surface area contributed by atoms with E-state index in [9.17, 15) is 0 Å². The standard InChI is InChI=1S/C16H30N4O/c1-12-6-5-7-13(10-12)15(17)16-14(21-4)11-18-20(16)9-8-19(2)3/h11-13,15H,5-10,17H2,1-4H3. The summed E-state index contributed by atoms with van der Waals surface area (Å²) in [6.45, 7) is 4.13. The summed E-state index contributed by atoms with van der Waals surface area (Å²) in [5.41, 5.74) is 7.67. The Bertz CT molecular complexity index is 443. The van der Waals surface area contributed by atoms with Crippen molar-refractivity contribution in [3.8, 4) is 5.75 Å². The number of hydrogen-bond acceptors (Lipinski definition) is 4. The molecule has 1 aromatic rings. The van der Waals surface area contributed by atoms with Gasteiger partial charge in [0.1, 0.15) is 0 Å². The van der Waals surface area contributed by atoms with Crippen molar-refractivity contribution in [3.63, 3.8) is 0 Å². The SMILES string of the molecule is COc1cnn(CCN(C)C)c1C(N)C1CCCC(C)C1. The van der Waals surface area contributed by atoms with Crippen LogP contribution in [-0.2, 0) is 6.54 Å². The number of rotatable bonds is 6. The van der Waals surface area contributed by atoms with E-state index in [2.05, 4.69) is 31.0 Å². The number of methoxy groups -OCH3 is 1. The number of nitrogens with zero attached hydrogens (tertiary/aromatic N) is 3. The van der Waals surface area contributed by atoms with Crippen molar-refractivity contribution in [1.29, 1.82) is 0 Å². The minimum absolute atomic E-state index is 0.0207. The second kappa shape index (κ2) is 7.27. The molecule has 3 atom stereocenters. The summed E-state index contributed by atoms with van der Waals surface area (Å²) < 4.78 is 7.53. The van der Waals surface area contributed by atoms with E-state index in [4.69, 9.17) is 10.5 Å². The second-order valence-electron chi connectivity index (χ2n) is 6.68. The third kappa shape index (κ3) is 3.98. The Morgan fingerprint density at radius 2 is 2.24 bits per heavy atom. The van der Waals surface area contributed by atoms with E-state index in [1.807, 2.05) is 4.68 Å². The van der Waals surface area contributed by atoms with E-state index in [0.29, 0.717) is 5.92 Å². The van der Waals surface area contributed by atoms with Crippen molar-refractivity contribution in [3.05, 3.63) is 11.9 Å². The van der Waals surface area contributed by atoms with Gasteiger partial charge in [0.25, 0.3) is 0 Å². The highest BCUT2D eigenvalue weighted by molar-refractivity contribution is 5.28. The molecule has 0 bridgehead atoms. The van der Waals surface area contributed by atoms with E-state index in [0.717, 1.165) is 30.5 Å². The maximum atomic E-state index is 6.61. The summed E-state index contributed by atoms with van der Waals surface area (Å²) in [5.74, 6) is 2.15. The minimum atomic E-state index is 0.0207. The van der Waals surface area contributed by atoms with Gasteiger partial charge in [0.2, 0.25) is 0 Å². The van der Waals surface area contributed by atoms with Crippen LogP contribution < -0.4 is 10.5 Å². The zero-order chi connectivity index (χ0) is 15.4. The normalized spacial score (nSPS) is 24.3. The molecule has 1 aromatic heterocycles. The molecule has 0 saturated heterocycles. The van der Waals surface area contributed by atoms with Gasteiger partial charge in [0.15, 0.2) is 5.75 Å². The van der Waals surface area contributed by atoms with Crippen molar-refractivity contribution < 1.29 is 4.74 Å². The number of likely N-dealkylation sites (N-methyl/N-ethyl adjacent to an activating group) is 1. The van der Waals surface area contributed by atoms with Crippen LogP contribution in [0.1, 0.15) is 44.3 Å². The Morgan fingerprint density at radius 1 is 1.48 bits per heavy atom. The predicted molar refractivity (Wildman–Crippen MR) is 85.4 cm³/mol. The van der Waals surface area contributed by atoms with Crippen LogP contribution in [0.5, 0.6) is 5.75 Å². The average molecular weight is 294 g/mol. The molecule has 5 nitrogen and oxygen atoms in total. The van der Waals surface area contributed by atoms with Crippen molar-refractivity contribution >= 4 is 0 Å². The molecule has 5 heteroatoms. The highest BCUT2D eigenvalue weighted by Gasteiger charge is 2.29. The van der Waals surface area contributed by atoms with Gasteiger partial charge in [-0.05, 0) is 38.8 Å². The largest absolute Gasteiger partial charge is 0.493 e. The molecule has 0 amide bonds. The zero-order valence-corrected chi connectivity index (χ0v) is 13.9. The van der Waals surface area contributed by atoms with Crippen LogP contribution in [0.25, 0.3) is 0 Å². The average Bonchev–Trinajstić information content (AvgIpc) is 2.87. The van der Waals surface area contributed by atoms with Crippen molar-refractivity contribution in [2.24, 2.45) is 17.6 Å². The third-order valence-corrected chi connectivity index (χ3v) is 4.62. The van der Waals surface area contributed by atoms with Gasteiger partial charge in [-0.15, -0.1) is 0 Å². The number of hydrogen-bond donors (Lipinski definition) is 1. The van der Waals surface area contributed by atoms with E-state index in [1.54, 1.807) is 13.3 Å². The van der Waals surface area contributed by atoms with Gasteiger partial charge < -0.3 is 15.4 Å². The number of ether oxygens (including phenoxy) is 1. The minimum Gasteiger partial charge on any atom is -0.493 e. The van der Waals surface area contributed by atoms with Crippen LogP contribution in [0.4, 0.5) is 0 Å². The molecular formula is C16H30N4O. The lowest BCUT2D eigenvalue weighted by Gasteiger charge is -2.31. The van der Waals surface area contributed by atoms with Gasteiger partial charge in [-0.1, -0.05) is 19.8 Å². The van der Waals surface area contributed by atoms with Crippen molar-refractivity contribution in [2.45, 2.75) is 45.2 Å². The van der Waals surface area contributed by atoms with Crippen LogP contribution in [0, 0.1) is 11.8 Å². The number of aromatic nitrogens is 2. The third-order valence-electron chi connectivity index (χ3n) is 4.62. The molecule has 120 valence electrons. The van der Waals surface area contributed by atoms with E-state index in [-0.39, 0.29) is 6.04 Å². The monoisotopic (exact) mass is 294 g/mol.